The van der Waals surface area contributed by atoms with Crippen molar-refractivity contribution in [3.8, 4) is 5.75 Å². The first-order chi connectivity index (χ1) is 9.10. The van der Waals surface area contributed by atoms with E-state index in [0.717, 1.165) is 11.3 Å². The predicted molar refractivity (Wildman–Crippen MR) is 69.7 cm³/mol. The molecule has 19 heavy (non-hydrogen) atoms. The van der Waals surface area contributed by atoms with Gasteiger partial charge in [-0.05, 0) is 24.6 Å². The quantitative estimate of drug-likeness (QED) is 0.757. The van der Waals surface area contributed by atoms with E-state index in [-0.39, 0.29) is 23.7 Å². The molecule has 7 heteroatoms. The van der Waals surface area contributed by atoms with Gasteiger partial charge in [0.25, 0.3) is 5.91 Å². The number of nitrogens with two attached hydrogens (primary N) is 1. The molecule has 0 saturated heterocycles. The van der Waals surface area contributed by atoms with Gasteiger partial charge in [0.15, 0.2) is 0 Å². The molecule has 0 unspecified atom stereocenters. The minimum absolute atomic E-state index is 0.0409. The molecule has 0 spiro atoms. The monoisotopic (exact) mass is 261 g/mol. The lowest BCUT2D eigenvalue weighted by Gasteiger charge is -2.14. The molecule has 7 nitrogen and oxygen atoms in total. The van der Waals surface area contributed by atoms with Crippen LogP contribution in [0.25, 0.3) is 0 Å². The highest BCUT2D eigenvalue weighted by Crippen LogP contribution is 2.18. The number of hydrogen-bond acceptors (Lipinski definition) is 5. The maximum absolute atomic E-state index is 11.9. The molecule has 0 saturated carbocycles. The van der Waals surface area contributed by atoms with Crippen molar-refractivity contribution in [3.63, 3.8) is 0 Å². The number of rotatable bonds is 4. The zero-order valence-corrected chi connectivity index (χ0v) is 10.7. The first-order valence-electron chi connectivity index (χ1n) is 5.73. The van der Waals surface area contributed by atoms with Crippen molar-refractivity contribution in [2.75, 3.05) is 12.8 Å². The Hall–Kier alpha value is -2.57. The van der Waals surface area contributed by atoms with Crippen molar-refractivity contribution in [2.45, 2.75) is 13.0 Å². The standard InChI is InChI=1S/C12H15N5O2/c1-7(8-4-3-5-9(6-8)19-2)14-11(18)10-15-12(13)17-16-10/h3-7H,1-2H3,(H,14,18)(H3,13,15,16,17)/t7-/m0/s1. The van der Waals surface area contributed by atoms with Crippen molar-refractivity contribution in [1.82, 2.24) is 20.5 Å². The minimum Gasteiger partial charge on any atom is -0.497 e. The molecule has 0 fully saturated rings. The molecule has 0 aliphatic carbocycles. The fourth-order valence-electron chi connectivity index (χ4n) is 1.64. The van der Waals surface area contributed by atoms with Crippen LogP contribution in [0.3, 0.4) is 0 Å². The second kappa shape index (κ2) is 5.38. The van der Waals surface area contributed by atoms with Crippen molar-refractivity contribution in [2.24, 2.45) is 0 Å². The van der Waals surface area contributed by atoms with E-state index in [2.05, 4.69) is 20.5 Å². The lowest BCUT2D eigenvalue weighted by Crippen LogP contribution is -2.27. The van der Waals surface area contributed by atoms with Crippen molar-refractivity contribution >= 4 is 11.9 Å². The molecule has 100 valence electrons. The number of aromatic nitrogens is 3. The summed E-state index contributed by atoms with van der Waals surface area (Å²) in [6.07, 6.45) is 0. The number of ether oxygens (including phenoxy) is 1. The van der Waals surface area contributed by atoms with Gasteiger partial charge in [-0.1, -0.05) is 12.1 Å². The number of carbonyl (C=O) groups is 1. The van der Waals surface area contributed by atoms with Gasteiger partial charge in [0, 0.05) is 0 Å². The van der Waals surface area contributed by atoms with Gasteiger partial charge in [-0.15, -0.1) is 5.10 Å². The molecule has 2 aromatic rings. The van der Waals surface area contributed by atoms with Crippen LogP contribution in [0.4, 0.5) is 5.95 Å². The molecule has 0 radical (unpaired) electrons. The Balaban J connectivity index is 2.08. The van der Waals surface area contributed by atoms with E-state index in [9.17, 15) is 4.79 Å². The van der Waals surface area contributed by atoms with Gasteiger partial charge in [-0.3, -0.25) is 9.89 Å². The number of anilines is 1. The highest BCUT2D eigenvalue weighted by molar-refractivity contribution is 5.90. The molecule has 0 aliphatic heterocycles. The number of amides is 1. The van der Waals surface area contributed by atoms with Gasteiger partial charge >= 0.3 is 0 Å². The summed E-state index contributed by atoms with van der Waals surface area (Å²) >= 11 is 0. The van der Waals surface area contributed by atoms with Crippen molar-refractivity contribution in [1.29, 1.82) is 0 Å². The minimum atomic E-state index is -0.362. The van der Waals surface area contributed by atoms with Gasteiger partial charge in [0.1, 0.15) is 5.75 Å². The summed E-state index contributed by atoms with van der Waals surface area (Å²) in [5, 5.41) is 8.86. The zero-order chi connectivity index (χ0) is 13.8. The average molecular weight is 261 g/mol. The second-order valence-corrected chi connectivity index (χ2v) is 4.01. The second-order valence-electron chi connectivity index (χ2n) is 4.01. The highest BCUT2D eigenvalue weighted by atomic mass is 16.5. The summed E-state index contributed by atoms with van der Waals surface area (Å²) in [6.45, 7) is 1.87. The Morgan fingerprint density at radius 2 is 2.32 bits per heavy atom. The summed E-state index contributed by atoms with van der Waals surface area (Å²) in [5.74, 6) is 0.508. The SMILES string of the molecule is COc1cccc([C@H](C)NC(=O)c2nc(N)n[nH]2)c1. The van der Waals surface area contributed by atoms with Crippen LogP contribution in [-0.2, 0) is 0 Å². The van der Waals surface area contributed by atoms with Gasteiger partial charge in [0.05, 0.1) is 13.2 Å². The number of H-pyrrole nitrogens is 1. The normalized spacial score (nSPS) is 11.9. The number of benzene rings is 1. The van der Waals surface area contributed by atoms with Crippen LogP contribution >= 0.6 is 0 Å². The van der Waals surface area contributed by atoms with Gasteiger partial charge in [0.2, 0.25) is 11.8 Å². The summed E-state index contributed by atoms with van der Waals surface area (Å²) in [7, 11) is 1.60. The number of nitrogens with zero attached hydrogens (tertiary/aromatic N) is 2. The summed E-state index contributed by atoms with van der Waals surface area (Å²) in [4.78, 5) is 15.6. The van der Waals surface area contributed by atoms with E-state index in [1.165, 1.54) is 0 Å². The van der Waals surface area contributed by atoms with E-state index < -0.39 is 0 Å². The Bertz CT molecular complexity index is 581. The largest absolute Gasteiger partial charge is 0.497 e. The molecular formula is C12H15N5O2. The number of carbonyl (C=O) groups excluding carboxylic acids is 1. The van der Waals surface area contributed by atoms with Crippen molar-refractivity contribution in [3.05, 3.63) is 35.7 Å². The van der Waals surface area contributed by atoms with E-state index in [0.29, 0.717) is 0 Å². The van der Waals surface area contributed by atoms with E-state index >= 15 is 0 Å². The first-order valence-corrected chi connectivity index (χ1v) is 5.73. The lowest BCUT2D eigenvalue weighted by atomic mass is 10.1. The summed E-state index contributed by atoms with van der Waals surface area (Å²) in [6, 6.07) is 7.29. The molecule has 4 N–H and O–H groups in total. The molecule has 1 atom stereocenters. The summed E-state index contributed by atoms with van der Waals surface area (Å²) < 4.78 is 5.14. The summed E-state index contributed by atoms with van der Waals surface area (Å²) in [5.41, 5.74) is 6.28. The van der Waals surface area contributed by atoms with Crippen LogP contribution in [0.15, 0.2) is 24.3 Å². The molecule has 1 aromatic carbocycles. The molecule has 0 aliphatic rings. The maximum atomic E-state index is 11.9. The van der Waals surface area contributed by atoms with Gasteiger partial charge < -0.3 is 15.8 Å². The smallest absolute Gasteiger partial charge is 0.289 e. The van der Waals surface area contributed by atoms with E-state index in [4.69, 9.17) is 10.5 Å². The Kier molecular flexibility index (Phi) is 3.65. The third-order valence-electron chi connectivity index (χ3n) is 2.66. The zero-order valence-electron chi connectivity index (χ0n) is 10.7. The van der Waals surface area contributed by atoms with E-state index in [1.807, 2.05) is 31.2 Å². The van der Waals surface area contributed by atoms with Crippen molar-refractivity contribution < 1.29 is 9.53 Å². The number of hydrogen-bond donors (Lipinski definition) is 3. The highest BCUT2D eigenvalue weighted by Gasteiger charge is 2.15. The van der Waals surface area contributed by atoms with E-state index in [1.54, 1.807) is 7.11 Å². The third kappa shape index (κ3) is 3.01. The molecule has 1 aromatic heterocycles. The fraction of sp³-hybridized carbons (Fsp3) is 0.250. The Morgan fingerprint density at radius 3 is 2.95 bits per heavy atom. The fourth-order valence-corrected chi connectivity index (χ4v) is 1.64. The van der Waals surface area contributed by atoms with Crippen LogP contribution in [0.2, 0.25) is 0 Å². The molecule has 2 rings (SSSR count). The van der Waals surface area contributed by atoms with Crippen LogP contribution < -0.4 is 15.8 Å². The molecule has 0 bridgehead atoms. The molecular weight excluding hydrogens is 246 g/mol. The Morgan fingerprint density at radius 1 is 1.53 bits per heavy atom. The first kappa shape index (κ1) is 12.9. The maximum Gasteiger partial charge on any atom is 0.289 e. The number of aromatic amines is 1. The molecule has 1 heterocycles. The number of methoxy groups -OCH3 is 1. The number of nitrogens with one attached hydrogen (secondary N) is 2. The number of nitrogen functional groups attached to an aromatic ring is 1. The van der Waals surface area contributed by atoms with Crippen LogP contribution in [0, 0.1) is 0 Å². The predicted octanol–water partition coefficient (Wildman–Crippen LogP) is 0.886. The van der Waals surface area contributed by atoms with Gasteiger partial charge in [-0.2, -0.15) is 4.98 Å². The average Bonchev–Trinajstić information content (AvgIpc) is 2.85. The topological polar surface area (TPSA) is 106 Å². The van der Waals surface area contributed by atoms with Crippen LogP contribution in [0.1, 0.15) is 29.1 Å². The van der Waals surface area contributed by atoms with Gasteiger partial charge in [-0.25, -0.2) is 0 Å². The third-order valence-corrected chi connectivity index (χ3v) is 2.66. The molecule has 1 amide bonds. The van der Waals surface area contributed by atoms with Crippen LogP contribution in [-0.4, -0.2) is 28.2 Å². The van der Waals surface area contributed by atoms with Crippen LogP contribution in [0.5, 0.6) is 5.75 Å². The Labute approximate surface area is 110 Å². The lowest BCUT2D eigenvalue weighted by molar-refractivity contribution is 0.0930.